The van der Waals surface area contributed by atoms with Gasteiger partial charge in [0.15, 0.2) is 0 Å². The van der Waals surface area contributed by atoms with Crippen LogP contribution >= 0.6 is 0 Å². The van der Waals surface area contributed by atoms with Crippen LogP contribution in [0.3, 0.4) is 0 Å². The SMILES string of the molecule is Nc1nc2c(c(-c3ccccc3C(F)(F)F)n1)CCN2. The van der Waals surface area contributed by atoms with E-state index in [1.807, 2.05) is 0 Å². The van der Waals surface area contributed by atoms with Crippen LogP contribution in [0, 0.1) is 0 Å². The Kier molecular flexibility index (Phi) is 2.77. The van der Waals surface area contributed by atoms with Gasteiger partial charge in [0.1, 0.15) is 5.82 Å². The molecule has 2 aromatic rings. The summed E-state index contributed by atoms with van der Waals surface area (Å²) in [6.07, 6.45) is -3.85. The van der Waals surface area contributed by atoms with Crippen LogP contribution in [-0.2, 0) is 12.6 Å². The Bertz CT molecular complexity index is 667. The minimum atomic E-state index is -4.44. The highest BCUT2D eigenvalue weighted by Crippen LogP contribution is 2.39. The summed E-state index contributed by atoms with van der Waals surface area (Å²) in [7, 11) is 0. The van der Waals surface area contributed by atoms with E-state index in [0.29, 0.717) is 24.3 Å². The Hall–Kier alpha value is -2.31. The molecule has 20 heavy (non-hydrogen) atoms. The number of nitrogens with one attached hydrogen (secondary N) is 1. The predicted octanol–water partition coefficient (Wildman–Crippen LogP) is 2.71. The lowest BCUT2D eigenvalue weighted by molar-refractivity contribution is -0.137. The van der Waals surface area contributed by atoms with E-state index in [-0.39, 0.29) is 17.2 Å². The molecule has 0 saturated carbocycles. The van der Waals surface area contributed by atoms with Crippen molar-refractivity contribution in [3.63, 3.8) is 0 Å². The number of aromatic nitrogens is 2. The fourth-order valence-electron chi connectivity index (χ4n) is 2.35. The van der Waals surface area contributed by atoms with E-state index in [4.69, 9.17) is 5.73 Å². The van der Waals surface area contributed by atoms with Crippen LogP contribution in [-0.4, -0.2) is 16.5 Å². The first-order chi connectivity index (χ1) is 9.47. The molecule has 0 bridgehead atoms. The van der Waals surface area contributed by atoms with Crippen LogP contribution in [0.4, 0.5) is 24.9 Å². The number of alkyl halides is 3. The van der Waals surface area contributed by atoms with Gasteiger partial charge in [-0.2, -0.15) is 18.2 Å². The Balaban J connectivity index is 2.25. The summed E-state index contributed by atoms with van der Waals surface area (Å²) in [4.78, 5) is 8.02. The van der Waals surface area contributed by atoms with Gasteiger partial charge in [0, 0.05) is 17.7 Å². The van der Waals surface area contributed by atoms with Crippen LogP contribution in [0.2, 0.25) is 0 Å². The number of anilines is 2. The van der Waals surface area contributed by atoms with E-state index in [1.54, 1.807) is 6.07 Å². The molecule has 0 fully saturated rings. The summed E-state index contributed by atoms with van der Waals surface area (Å²) < 4.78 is 39.3. The second-order valence-corrected chi connectivity index (χ2v) is 4.48. The molecular formula is C13H11F3N4. The summed E-state index contributed by atoms with van der Waals surface area (Å²) in [5, 5.41) is 3.00. The quantitative estimate of drug-likeness (QED) is 0.843. The van der Waals surface area contributed by atoms with Gasteiger partial charge in [0.25, 0.3) is 0 Å². The summed E-state index contributed by atoms with van der Waals surface area (Å²) in [5.41, 5.74) is 5.84. The number of hydrogen-bond acceptors (Lipinski definition) is 4. The minimum Gasteiger partial charge on any atom is -0.369 e. The first-order valence-electron chi connectivity index (χ1n) is 6.03. The third-order valence-corrected chi connectivity index (χ3v) is 3.18. The van der Waals surface area contributed by atoms with E-state index in [9.17, 15) is 13.2 Å². The second-order valence-electron chi connectivity index (χ2n) is 4.48. The lowest BCUT2D eigenvalue weighted by atomic mass is 9.99. The highest BCUT2D eigenvalue weighted by atomic mass is 19.4. The summed E-state index contributed by atoms with van der Waals surface area (Å²) in [6.45, 7) is 0.620. The number of fused-ring (bicyclic) bond motifs is 1. The molecule has 1 aromatic carbocycles. The van der Waals surface area contributed by atoms with E-state index in [2.05, 4.69) is 15.3 Å². The zero-order chi connectivity index (χ0) is 14.3. The zero-order valence-electron chi connectivity index (χ0n) is 10.3. The van der Waals surface area contributed by atoms with Gasteiger partial charge in [0.2, 0.25) is 5.95 Å². The molecule has 1 aliphatic heterocycles. The maximum Gasteiger partial charge on any atom is 0.417 e. The van der Waals surface area contributed by atoms with Crippen molar-refractivity contribution in [2.24, 2.45) is 0 Å². The Labute approximate surface area is 112 Å². The van der Waals surface area contributed by atoms with Crippen LogP contribution in [0.1, 0.15) is 11.1 Å². The molecule has 1 aromatic heterocycles. The molecule has 104 valence electrons. The Morgan fingerprint density at radius 1 is 1.15 bits per heavy atom. The number of benzene rings is 1. The van der Waals surface area contributed by atoms with Gasteiger partial charge in [-0.15, -0.1) is 0 Å². The third-order valence-electron chi connectivity index (χ3n) is 3.18. The third kappa shape index (κ3) is 2.04. The van der Waals surface area contributed by atoms with Crippen LogP contribution < -0.4 is 11.1 Å². The topological polar surface area (TPSA) is 63.8 Å². The molecule has 2 heterocycles. The first-order valence-corrected chi connectivity index (χ1v) is 6.03. The average molecular weight is 280 g/mol. The lowest BCUT2D eigenvalue weighted by Gasteiger charge is -2.14. The van der Waals surface area contributed by atoms with Crippen molar-refractivity contribution in [2.45, 2.75) is 12.6 Å². The van der Waals surface area contributed by atoms with Crippen molar-refractivity contribution in [1.29, 1.82) is 0 Å². The minimum absolute atomic E-state index is 0.0362. The normalized spacial score (nSPS) is 13.9. The van der Waals surface area contributed by atoms with Crippen LogP contribution in [0.15, 0.2) is 24.3 Å². The molecule has 0 unspecified atom stereocenters. The van der Waals surface area contributed by atoms with Gasteiger partial charge in [-0.05, 0) is 12.5 Å². The molecule has 0 radical (unpaired) electrons. The lowest BCUT2D eigenvalue weighted by Crippen LogP contribution is -2.09. The highest BCUT2D eigenvalue weighted by molar-refractivity contribution is 5.74. The summed E-state index contributed by atoms with van der Waals surface area (Å²) >= 11 is 0. The maximum absolute atomic E-state index is 13.1. The number of rotatable bonds is 1. The van der Waals surface area contributed by atoms with E-state index in [0.717, 1.165) is 6.07 Å². The Morgan fingerprint density at radius 3 is 2.65 bits per heavy atom. The van der Waals surface area contributed by atoms with Gasteiger partial charge < -0.3 is 11.1 Å². The molecule has 0 aliphatic carbocycles. The molecule has 4 nitrogen and oxygen atoms in total. The van der Waals surface area contributed by atoms with Gasteiger partial charge in [0.05, 0.1) is 11.3 Å². The standard InChI is InChI=1S/C13H11F3N4/c14-13(15,16)9-4-2-1-3-7(9)10-8-5-6-18-11(8)20-12(17)19-10/h1-4H,5-6H2,(H3,17,18,19,20). The fraction of sp³-hybridized carbons (Fsp3) is 0.231. The van der Waals surface area contributed by atoms with Crippen molar-refractivity contribution >= 4 is 11.8 Å². The van der Waals surface area contributed by atoms with Crippen LogP contribution in [0.25, 0.3) is 11.3 Å². The maximum atomic E-state index is 13.1. The number of nitrogens with zero attached hydrogens (tertiary/aromatic N) is 2. The summed E-state index contributed by atoms with van der Waals surface area (Å²) in [6, 6.07) is 5.36. The van der Waals surface area contributed by atoms with E-state index >= 15 is 0 Å². The molecular weight excluding hydrogens is 269 g/mol. The highest BCUT2D eigenvalue weighted by Gasteiger charge is 2.35. The predicted molar refractivity (Wildman–Crippen MR) is 69.1 cm³/mol. The van der Waals surface area contributed by atoms with Crippen molar-refractivity contribution < 1.29 is 13.2 Å². The van der Waals surface area contributed by atoms with Crippen LogP contribution in [0.5, 0.6) is 0 Å². The molecule has 1 aliphatic rings. The molecule has 0 saturated heterocycles. The Morgan fingerprint density at radius 2 is 1.90 bits per heavy atom. The summed E-state index contributed by atoms with van der Waals surface area (Å²) in [5.74, 6) is 0.481. The largest absolute Gasteiger partial charge is 0.417 e. The van der Waals surface area contributed by atoms with E-state index in [1.165, 1.54) is 12.1 Å². The molecule has 3 rings (SSSR count). The fourth-order valence-corrected chi connectivity index (χ4v) is 2.35. The molecule has 3 N–H and O–H groups in total. The first kappa shape index (κ1) is 12.7. The van der Waals surface area contributed by atoms with E-state index < -0.39 is 11.7 Å². The molecule has 0 atom stereocenters. The van der Waals surface area contributed by atoms with Gasteiger partial charge in [-0.25, -0.2) is 4.98 Å². The van der Waals surface area contributed by atoms with Crippen molar-refractivity contribution in [3.05, 3.63) is 35.4 Å². The smallest absolute Gasteiger partial charge is 0.369 e. The monoisotopic (exact) mass is 280 g/mol. The van der Waals surface area contributed by atoms with Crippen molar-refractivity contribution in [1.82, 2.24) is 9.97 Å². The molecule has 0 spiro atoms. The number of nitrogens with two attached hydrogens (primary N) is 1. The second kappa shape index (κ2) is 4.36. The zero-order valence-corrected chi connectivity index (χ0v) is 10.3. The number of hydrogen-bond donors (Lipinski definition) is 2. The molecule has 0 amide bonds. The molecule has 7 heteroatoms. The van der Waals surface area contributed by atoms with Gasteiger partial charge >= 0.3 is 6.18 Å². The van der Waals surface area contributed by atoms with Crippen molar-refractivity contribution in [3.8, 4) is 11.3 Å². The van der Waals surface area contributed by atoms with Gasteiger partial charge in [-0.3, -0.25) is 0 Å². The average Bonchev–Trinajstić information content (AvgIpc) is 2.84. The number of halogens is 3. The number of nitrogen functional groups attached to an aromatic ring is 1. The van der Waals surface area contributed by atoms with Gasteiger partial charge in [-0.1, -0.05) is 18.2 Å². The van der Waals surface area contributed by atoms with Crippen molar-refractivity contribution in [2.75, 3.05) is 17.6 Å².